The summed E-state index contributed by atoms with van der Waals surface area (Å²) in [5.74, 6) is -0.400. The van der Waals surface area contributed by atoms with Crippen LogP contribution in [0.2, 0.25) is 0 Å². The smallest absolute Gasteiger partial charge is 0.358 e. The number of ether oxygens (including phenoxy) is 1. The molecule has 0 saturated heterocycles. The van der Waals surface area contributed by atoms with E-state index in [9.17, 15) is 4.79 Å². The fourth-order valence-corrected chi connectivity index (χ4v) is 0.736. The van der Waals surface area contributed by atoms with Crippen molar-refractivity contribution >= 4 is 17.6 Å². The van der Waals surface area contributed by atoms with Gasteiger partial charge >= 0.3 is 5.97 Å². The van der Waals surface area contributed by atoms with E-state index in [-0.39, 0.29) is 5.03 Å². The van der Waals surface area contributed by atoms with Crippen molar-refractivity contribution in [2.24, 2.45) is 0 Å². The highest BCUT2D eigenvalue weighted by Gasteiger charge is 2.08. The van der Waals surface area contributed by atoms with E-state index in [1.165, 1.54) is 0 Å². The lowest BCUT2D eigenvalue weighted by Gasteiger charge is -2.00. The predicted molar refractivity (Wildman–Crippen MR) is 48.6 cm³/mol. The SMILES string of the molecule is O=C(Oc1ccccc1)/C(Cl)=C\O. The highest BCUT2D eigenvalue weighted by atomic mass is 35.5. The summed E-state index contributed by atoms with van der Waals surface area (Å²) in [6.45, 7) is 0. The molecule has 0 spiro atoms. The first-order valence-corrected chi connectivity index (χ1v) is 3.89. The third-order valence-electron chi connectivity index (χ3n) is 1.26. The molecule has 0 atom stereocenters. The Bertz CT molecular complexity index is 319. The van der Waals surface area contributed by atoms with Crippen LogP contribution < -0.4 is 4.74 Å². The van der Waals surface area contributed by atoms with Gasteiger partial charge in [-0.05, 0) is 12.1 Å². The van der Waals surface area contributed by atoms with E-state index < -0.39 is 5.97 Å². The monoisotopic (exact) mass is 198 g/mol. The molecule has 0 aliphatic rings. The van der Waals surface area contributed by atoms with Gasteiger partial charge in [0.05, 0.1) is 0 Å². The fraction of sp³-hybridized carbons (Fsp3) is 0. The number of hydrogen-bond acceptors (Lipinski definition) is 3. The summed E-state index contributed by atoms with van der Waals surface area (Å²) in [4.78, 5) is 11.0. The minimum atomic E-state index is -0.782. The number of halogens is 1. The second kappa shape index (κ2) is 4.52. The molecule has 1 rings (SSSR count). The Hall–Kier alpha value is -1.48. The average Bonchev–Trinajstić information content (AvgIpc) is 2.18. The van der Waals surface area contributed by atoms with Gasteiger partial charge in [-0.25, -0.2) is 4.79 Å². The Kier molecular flexibility index (Phi) is 3.34. The average molecular weight is 199 g/mol. The van der Waals surface area contributed by atoms with Gasteiger partial charge in [-0.15, -0.1) is 0 Å². The molecule has 4 heteroatoms. The minimum absolute atomic E-state index is 0.358. The van der Waals surface area contributed by atoms with Crippen LogP contribution in [0.15, 0.2) is 41.6 Å². The number of aliphatic hydroxyl groups excluding tert-OH is 1. The van der Waals surface area contributed by atoms with Crippen molar-refractivity contribution in [2.45, 2.75) is 0 Å². The lowest BCUT2D eigenvalue weighted by Crippen LogP contribution is -2.07. The zero-order chi connectivity index (χ0) is 9.68. The molecular weight excluding hydrogens is 192 g/mol. The first kappa shape index (κ1) is 9.61. The van der Waals surface area contributed by atoms with Crippen molar-refractivity contribution in [3.05, 3.63) is 41.6 Å². The number of carbonyl (C=O) groups is 1. The first-order chi connectivity index (χ1) is 6.24. The summed E-state index contributed by atoms with van der Waals surface area (Å²) in [5, 5.41) is 8.03. The van der Waals surface area contributed by atoms with E-state index in [4.69, 9.17) is 21.4 Å². The summed E-state index contributed by atoms with van der Waals surface area (Å²) >= 11 is 5.30. The molecule has 0 bridgehead atoms. The molecule has 0 radical (unpaired) electrons. The molecule has 0 unspecified atom stereocenters. The normalized spacial score (nSPS) is 11.0. The van der Waals surface area contributed by atoms with E-state index in [1.54, 1.807) is 30.3 Å². The third-order valence-corrected chi connectivity index (χ3v) is 1.51. The highest BCUT2D eigenvalue weighted by molar-refractivity contribution is 6.41. The van der Waals surface area contributed by atoms with Crippen molar-refractivity contribution in [1.82, 2.24) is 0 Å². The Morgan fingerprint density at radius 3 is 2.54 bits per heavy atom. The topological polar surface area (TPSA) is 46.5 Å². The number of carbonyl (C=O) groups excluding carboxylic acids is 1. The lowest BCUT2D eigenvalue weighted by atomic mass is 10.3. The third kappa shape index (κ3) is 2.80. The van der Waals surface area contributed by atoms with Crippen LogP contribution in [-0.4, -0.2) is 11.1 Å². The van der Waals surface area contributed by atoms with Gasteiger partial charge in [0.15, 0.2) is 5.03 Å². The zero-order valence-electron chi connectivity index (χ0n) is 6.61. The second-order valence-corrected chi connectivity index (χ2v) is 2.59. The van der Waals surface area contributed by atoms with Crippen LogP contribution in [0.4, 0.5) is 0 Å². The van der Waals surface area contributed by atoms with Gasteiger partial charge in [-0.1, -0.05) is 29.8 Å². The summed E-state index contributed by atoms with van der Waals surface area (Å²) in [6, 6.07) is 8.46. The Labute approximate surface area is 80.2 Å². The van der Waals surface area contributed by atoms with Crippen LogP contribution in [0, 0.1) is 0 Å². The van der Waals surface area contributed by atoms with Crippen LogP contribution >= 0.6 is 11.6 Å². The molecule has 0 aromatic heterocycles. The summed E-state index contributed by atoms with van der Waals surface area (Å²) < 4.78 is 4.77. The van der Waals surface area contributed by atoms with Crippen LogP contribution in [0.1, 0.15) is 0 Å². The summed E-state index contributed by atoms with van der Waals surface area (Å²) in [6.07, 6.45) is 0.493. The molecule has 1 aromatic carbocycles. The first-order valence-electron chi connectivity index (χ1n) is 3.51. The highest BCUT2D eigenvalue weighted by Crippen LogP contribution is 2.11. The minimum Gasteiger partial charge on any atom is -0.514 e. The van der Waals surface area contributed by atoms with Gasteiger partial charge in [0.2, 0.25) is 0 Å². The largest absolute Gasteiger partial charge is 0.514 e. The number of para-hydroxylation sites is 1. The molecule has 0 aliphatic carbocycles. The maximum atomic E-state index is 11.0. The van der Waals surface area contributed by atoms with Crippen LogP contribution in [-0.2, 0) is 4.79 Å². The Morgan fingerprint density at radius 2 is 2.00 bits per heavy atom. The van der Waals surface area contributed by atoms with E-state index in [0.29, 0.717) is 12.0 Å². The van der Waals surface area contributed by atoms with E-state index in [1.807, 2.05) is 0 Å². The van der Waals surface area contributed by atoms with Gasteiger partial charge in [0.1, 0.15) is 12.0 Å². The maximum absolute atomic E-state index is 11.0. The Balaban J connectivity index is 2.66. The van der Waals surface area contributed by atoms with Crippen molar-refractivity contribution in [2.75, 3.05) is 0 Å². The standard InChI is InChI=1S/C9H7ClO3/c10-8(6-11)9(12)13-7-4-2-1-3-5-7/h1-6,11H/b8-6+. The van der Waals surface area contributed by atoms with Crippen molar-refractivity contribution in [3.8, 4) is 5.75 Å². The van der Waals surface area contributed by atoms with E-state index in [0.717, 1.165) is 0 Å². The molecule has 0 heterocycles. The van der Waals surface area contributed by atoms with Crippen molar-refractivity contribution in [1.29, 1.82) is 0 Å². The fourth-order valence-electron chi connectivity index (χ4n) is 0.697. The quantitative estimate of drug-likeness (QED) is 0.343. The summed E-state index contributed by atoms with van der Waals surface area (Å²) in [5.41, 5.74) is 0. The molecule has 0 amide bonds. The number of hydrogen-bond donors (Lipinski definition) is 1. The van der Waals surface area contributed by atoms with Gasteiger partial charge in [-0.3, -0.25) is 0 Å². The Morgan fingerprint density at radius 1 is 1.38 bits per heavy atom. The van der Waals surface area contributed by atoms with Gasteiger partial charge in [0.25, 0.3) is 0 Å². The molecule has 0 fully saturated rings. The second-order valence-electron chi connectivity index (χ2n) is 2.18. The predicted octanol–water partition coefficient (Wildman–Crippen LogP) is 2.23. The molecule has 13 heavy (non-hydrogen) atoms. The number of rotatable bonds is 2. The lowest BCUT2D eigenvalue weighted by molar-refractivity contribution is -0.129. The van der Waals surface area contributed by atoms with Crippen molar-refractivity contribution in [3.63, 3.8) is 0 Å². The zero-order valence-corrected chi connectivity index (χ0v) is 7.36. The number of benzene rings is 1. The molecule has 3 nitrogen and oxygen atoms in total. The number of esters is 1. The van der Waals surface area contributed by atoms with Gasteiger partial charge in [0, 0.05) is 0 Å². The van der Waals surface area contributed by atoms with Crippen LogP contribution in [0.25, 0.3) is 0 Å². The van der Waals surface area contributed by atoms with E-state index >= 15 is 0 Å². The van der Waals surface area contributed by atoms with Crippen molar-refractivity contribution < 1.29 is 14.6 Å². The molecule has 1 aromatic rings. The van der Waals surface area contributed by atoms with Crippen LogP contribution in [0.3, 0.4) is 0 Å². The van der Waals surface area contributed by atoms with E-state index in [2.05, 4.69) is 0 Å². The number of aliphatic hydroxyl groups is 1. The van der Waals surface area contributed by atoms with Gasteiger partial charge in [-0.2, -0.15) is 0 Å². The molecule has 1 N–H and O–H groups in total. The maximum Gasteiger partial charge on any atom is 0.358 e. The molecule has 68 valence electrons. The summed E-state index contributed by atoms with van der Waals surface area (Å²) in [7, 11) is 0. The van der Waals surface area contributed by atoms with Crippen LogP contribution in [0.5, 0.6) is 5.75 Å². The van der Waals surface area contributed by atoms with Gasteiger partial charge < -0.3 is 9.84 Å². The molecule has 0 saturated carbocycles. The molecule has 0 aliphatic heterocycles. The molecular formula is C9H7ClO3.